The quantitative estimate of drug-likeness (QED) is 0.527. The summed E-state index contributed by atoms with van der Waals surface area (Å²) in [4.78, 5) is 12.8. The molecule has 0 heterocycles. The molecule has 182 valence electrons. The van der Waals surface area contributed by atoms with Crippen LogP contribution >= 0.6 is 0 Å². The Morgan fingerprint density at radius 2 is 1.48 bits per heavy atom. The Hall–Kier alpha value is -3.14. The van der Waals surface area contributed by atoms with Gasteiger partial charge in [0.25, 0.3) is 10.0 Å². The number of benzene rings is 2. The highest BCUT2D eigenvalue weighted by molar-refractivity contribution is 7.92. The van der Waals surface area contributed by atoms with E-state index in [-0.39, 0.29) is 34.0 Å². The van der Waals surface area contributed by atoms with Gasteiger partial charge in [0.2, 0.25) is 5.91 Å². The average molecular weight is 481 g/mol. The van der Waals surface area contributed by atoms with E-state index in [1.54, 1.807) is 12.1 Å². The summed E-state index contributed by atoms with van der Waals surface area (Å²) in [5.41, 5.74) is 0.166. The summed E-state index contributed by atoms with van der Waals surface area (Å²) in [6.45, 7) is 5.33. The molecule has 2 aromatic carbocycles. The molecule has 0 aliphatic heterocycles. The fourth-order valence-corrected chi connectivity index (χ4v) is 4.43. The second-order valence-electron chi connectivity index (χ2n) is 7.67. The minimum atomic E-state index is -4.22. The maximum atomic E-state index is 13.8. The Kier molecular flexibility index (Phi) is 8.81. The fourth-order valence-electron chi connectivity index (χ4n) is 2.99. The van der Waals surface area contributed by atoms with Crippen LogP contribution in [-0.2, 0) is 14.8 Å². The molecule has 0 bridgehead atoms. The van der Waals surface area contributed by atoms with Crippen LogP contribution in [0.15, 0.2) is 41.3 Å². The molecule has 33 heavy (non-hydrogen) atoms. The van der Waals surface area contributed by atoms with Gasteiger partial charge >= 0.3 is 0 Å². The van der Waals surface area contributed by atoms with Crippen molar-refractivity contribution >= 4 is 21.6 Å². The summed E-state index contributed by atoms with van der Waals surface area (Å²) in [5, 5.41) is 2.85. The molecular formula is C23H32N2O7S. The van der Waals surface area contributed by atoms with E-state index in [0.717, 1.165) is 4.31 Å². The number of hydrogen-bond donors (Lipinski definition) is 1. The summed E-state index contributed by atoms with van der Waals surface area (Å²) in [7, 11) is 1.55. The zero-order valence-corrected chi connectivity index (χ0v) is 20.9. The van der Waals surface area contributed by atoms with Crippen LogP contribution in [0.3, 0.4) is 0 Å². The highest BCUT2D eigenvalue weighted by Crippen LogP contribution is 2.37. The molecule has 0 radical (unpaired) electrons. The number of rotatable bonds is 11. The summed E-state index contributed by atoms with van der Waals surface area (Å²) in [6, 6.07) is 8.83. The predicted molar refractivity (Wildman–Crippen MR) is 126 cm³/mol. The van der Waals surface area contributed by atoms with Crippen LogP contribution in [0.4, 0.5) is 5.69 Å². The number of sulfonamides is 1. The normalized spacial score (nSPS) is 12.1. The summed E-state index contributed by atoms with van der Waals surface area (Å²) in [6.07, 6.45) is 0. The lowest BCUT2D eigenvalue weighted by molar-refractivity contribution is -0.120. The zero-order chi connectivity index (χ0) is 24.8. The molecule has 0 aliphatic rings. The highest BCUT2D eigenvalue weighted by Gasteiger charge is 2.31. The minimum absolute atomic E-state index is 0.0743. The number of nitrogens with zero attached hydrogens (tertiary/aromatic N) is 1. The molecule has 2 aromatic rings. The molecule has 0 saturated heterocycles. The number of hydrogen-bond acceptors (Lipinski definition) is 7. The first-order valence-corrected chi connectivity index (χ1v) is 11.8. The third-order valence-electron chi connectivity index (χ3n) is 5.27. The van der Waals surface area contributed by atoms with Crippen molar-refractivity contribution in [3.05, 3.63) is 36.4 Å². The van der Waals surface area contributed by atoms with Gasteiger partial charge in [-0.2, -0.15) is 0 Å². The van der Waals surface area contributed by atoms with Gasteiger partial charge in [-0.3, -0.25) is 9.10 Å². The van der Waals surface area contributed by atoms with E-state index in [9.17, 15) is 13.2 Å². The maximum Gasteiger partial charge on any atom is 0.265 e. The van der Waals surface area contributed by atoms with Crippen LogP contribution in [0.2, 0.25) is 0 Å². The van der Waals surface area contributed by atoms with Crippen molar-refractivity contribution in [2.24, 2.45) is 5.92 Å². The van der Waals surface area contributed by atoms with Crippen LogP contribution in [0.1, 0.15) is 20.8 Å². The molecule has 0 unspecified atom stereocenters. The molecular weight excluding hydrogens is 448 g/mol. The molecule has 0 spiro atoms. The van der Waals surface area contributed by atoms with Gasteiger partial charge in [-0.25, -0.2) is 8.42 Å². The lowest BCUT2D eigenvalue weighted by atomic mass is 10.1. The summed E-state index contributed by atoms with van der Waals surface area (Å²) in [5.74, 6) is 1.03. The van der Waals surface area contributed by atoms with Crippen LogP contribution in [0.25, 0.3) is 0 Å². The number of methoxy groups -OCH3 is 4. The molecule has 0 aliphatic carbocycles. The van der Waals surface area contributed by atoms with Crippen LogP contribution in [-0.4, -0.2) is 55.4 Å². The number of carbonyl (C=O) groups is 1. The molecule has 1 N–H and O–H groups in total. The predicted octanol–water partition coefficient (Wildman–Crippen LogP) is 3.08. The smallest absolute Gasteiger partial charge is 0.265 e. The van der Waals surface area contributed by atoms with Gasteiger partial charge in [-0.05, 0) is 37.1 Å². The van der Waals surface area contributed by atoms with E-state index in [1.807, 2.05) is 20.8 Å². The molecule has 0 fully saturated rings. The SMILES string of the molecule is COc1ccc(OC)c(N(CC(=O)N[C@@H](C)C(C)C)S(=O)(=O)c2ccc(OC)c(OC)c2)c1. The Balaban J connectivity index is 2.63. The molecule has 9 nitrogen and oxygen atoms in total. The second kappa shape index (κ2) is 11.1. The van der Waals surface area contributed by atoms with E-state index in [2.05, 4.69) is 5.32 Å². The van der Waals surface area contributed by atoms with Gasteiger partial charge in [0.15, 0.2) is 11.5 Å². The van der Waals surface area contributed by atoms with E-state index in [0.29, 0.717) is 11.5 Å². The van der Waals surface area contributed by atoms with Crippen molar-refractivity contribution in [2.45, 2.75) is 31.7 Å². The molecule has 1 atom stereocenters. The zero-order valence-electron chi connectivity index (χ0n) is 20.0. The molecule has 1 amide bonds. The van der Waals surface area contributed by atoms with Gasteiger partial charge in [-0.15, -0.1) is 0 Å². The first-order valence-electron chi connectivity index (χ1n) is 10.3. The maximum absolute atomic E-state index is 13.8. The Labute approximate surface area is 195 Å². The van der Waals surface area contributed by atoms with Gasteiger partial charge in [-0.1, -0.05) is 13.8 Å². The fraction of sp³-hybridized carbons (Fsp3) is 0.435. The first kappa shape index (κ1) is 26.1. The van der Waals surface area contributed by atoms with Crippen LogP contribution in [0, 0.1) is 5.92 Å². The molecule has 0 saturated carbocycles. The Morgan fingerprint density at radius 1 is 0.879 bits per heavy atom. The molecule has 2 rings (SSSR count). The lowest BCUT2D eigenvalue weighted by Crippen LogP contribution is -2.45. The average Bonchev–Trinajstić information content (AvgIpc) is 2.81. The third kappa shape index (κ3) is 6.01. The monoisotopic (exact) mass is 480 g/mol. The Bertz CT molecular complexity index is 1070. The first-order chi connectivity index (χ1) is 15.6. The van der Waals surface area contributed by atoms with Crippen molar-refractivity contribution in [3.8, 4) is 23.0 Å². The van der Waals surface area contributed by atoms with Gasteiger partial charge < -0.3 is 24.3 Å². The highest BCUT2D eigenvalue weighted by atomic mass is 32.2. The summed E-state index contributed by atoms with van der Waals surface area (Å²) >= 11 is 0. The summed E-state index contributed by atoms with van der Waals surface area (Å²) < 4.78 is 49.7. The van der Waals surface area contributed by atoms with Gasteiger partial charge in [0.05, 0.1) is 39.0 Å². The van der Waals surface area contributed by atoms with Crippen molar-refractivity contribution in [2.75, 3.05) is 39.3 Å². The van der Waals surface area contributed by atoms with E-state index in [4.69, 9.17) is 18.9 Å². The standard InChI is InChI=1S/C23H32N2O7S/c1-15(2)16(3)24-23(26)14-25(19-12-17(29-4)8-10-20(19)30-5)33(27,28)18-9-11-21(31-6)22(13-18)32-7/h8-13,15-16H,14H2,1-7H3,(H,24,26)/t16-/m0/s1. The minimum Gasteiger partial charge on any atom is -0.497 e. The van der Waals surface area contributed by atoms with Gasteiger partial charge in [0.1, 0.15) is 18.0 Å². The van der Waals surface area contributed by atoms with Crippen LogP contribution in [0.5, 0.6) is 23.0 Å². The van der Waals surface area contributed by atoms with E-state index in [1.165, 1.54) is 52.7 Å². The number of carbonyl (C=O) groups excluding carboxylic acids is 1. The number of nitrogens with one attached hydrogen (secondary N) is 1. The second-order valence-corrected chi connectivity index (χ2v) is 9.53. The van der Waals surface area contributed by atoms with E-state index < -0.39 is 22.5 Å². The largest absolute Gasteiger partial charge is 0.497 e. The third-order valence-corrected chi connectivity index (χ3v) is 7.03. The van der Waals surface area contributed by atoms with Gasteiger partial charge in [0, 0.05) is 18.2 Å². The number of amides is 1. The Morgan fingerprint density at radius 3 is 2.03 bits per heavy atom. The van der Waals surface area contributed by atoms with Crippen molar-refractivity contribution < 1.29 is 32.2 Å². The van der Waals surface area contributed by atoms with E-state index >= 15 is 0 Å². The topological polar surface area (TPSA) is 103 Å². The van der Waals surface area contributed by atoms with Crippen LogP contribution < -0.4 is 28.6 Å². The van der Waals surface area contributed by atoms with Crippen molar-refractivity contribution in [1.82, 2.24) is 5.32 Å². The van der Waals surface area contributed by atoms with Crippen molar-refractivity contribution in [3.63, 3.8) is 0 Å². The molecule has 0 aromatic heterocycles. The number of anilines is 1. The molecule has 10 heteroatoms. The number of ether oxygens (including phenoxy) is 4. The van der Waals surface area contributed by atoms with Crippen molar-refractivity contribution in [1.29, 1.82) is 0 Å². The lowest BCUT2D eigenvalue weighted by Gasteiger charge is -2.27.